The molecular weight excluding hydrogens is 445 g/mol. The molecule has 3 aromatic rings. The van der Waals surface area contributed by atoms with Crippen molar-refractivity contribution >= 4 is 23.2 Å². The van der Waals surface area contributed by atoms with Gasteiger partial charge in [-0.25, -0.2) is 9.50 Å². The molecule has 1 aliphatic rings. The van der Waals surface area contributed by atoms with E-state index in [0.717, 1.165) is 23.4 Å². The second-order valence-electron chi connectivity index (χ2n) is 7.67. The highest BCUT2D eigenvalue weighted by molar-refractivity contribution is 6.30. The number of carbonyl (C=O) groups excluding carboxylic acids is 1. The summed E-state index contributed by atoms with van der Waals surface area (Å²) in [5, 5.41) is 4.66. The second kappa shape index (κ2) is 9.07. The van der Waals surface area contributed by atoms with Gasteiger partial charge in [0.2, 0.25) is 0 Å². The number of fused-ring (bicyclic) bond motifs is 1. The predicted octanol–water partition coefficient (Wildman–Crippen LogP) is 4.99. The lowest BCUT2D eigenvalue weighted by molar-refractivity contribution is -0.151. The second-order valence-corrected chi connectivity index (χ2v) is 8.11. The minimum absolute atomic E-state index is 0.0875. The number of hydrogen-bond donors (Lipinski definition) is 0. The van der Waals surface area contributed by atoms with Crippen molar-refractivity contribution in [3.63, 3.8) is 0 Å². The van der Waals surface area contributed by atoms with E-state index in [1.54, 1.807) is 31.2 Å². The fraction of sp³-hybridized carbons (Fsp3) is 0.409. The molecule has 0 amide bonds. The van der Waals surface area contributed by atoms with E-state index in [0.29, 0.717) is 29.2 Å². The van der Waals surface area contributed by atoms with Crippen molar-refractivity contribution in [3.05, 3.63) is 52.8 Å². The SMILES string of the molecule is CCOC(=O)C1CCCCN1Cc1cc2nc(-c3ccc(Cl)cc3)cc(C(F)(F)F)n2n1. The number of ether oxygens (including phenoxy) is 1. The molecule has 1 aliphatic heterocycles. The number of carbonyl (C=O) groups is 1. The van der Waals surface area contributed by atoms with Crippen molar-refractivity contribution < 1.29 is 22.7 Å². The number of esters is 1. The first-order chi connectivity index (χ1) is 15.3. The van der Waals surface area contributed by atoms with Crippen LogP contribution in [-0.4, -0.2) is 44.7 Å². The van der Waals surface area contributed by atoms with Gasteiger partial charge in [-0.2, -0.15) is 18.3 Å². The van der Waals surface area contributed by atoms with E-state index in [1.165, 1.54) is 6.07 Å². The fourth-order valence-electron chi connectivity index (χ4n) is 3.96. The van der Waals surface area contributed by atoms with E-state index in [9.17, 15) is 18.0 Å². The Bertz CT molecular complexity index is 1110. The monoisotopic (exact) mass is 466 g/mol. The van der Waals surface area contributed by atoms with Gasteiger partial charge in [0.15, 0.2) is 11.3 Å². The molecule has 4 rings (SSSR count). The first-order valence-electron chi connectivity index (χ1n) is 10.4. The topological polar surface area (TPSA) is 59.7 Å². The van der Waals surface area contributed by atoms with Gasteiger partial charge in [0.1, 0.15) is 6.04 Å². The van der Waals surface area contributed by atoms with Crippen molar-refractivity contribution in [1.82, 2.24) is 19.5 Å². The summed E-state index contributed by atoms with van der Waals surface area (Å²) in [6.45, 7) is 2.91. The molecule has 0 spiro atoms. The molecule has 0 N–H and O–H groups in total. The van der Waals surface area contributed by atoms with Gasteiger partial charge in [-0.3, -0.25) is 9.69 Å². The summed E-state index contributed by atoms with van der Waals surface area (Å²) in [5.41, 5.74) is 0.273. The maximum absolute atomic E-state index is 13.8. The van der Waals surface area contributed by atoms with Crippen molar-refractivity contribution in [2.24, 2.45) is 0 Å². The molecule has 170 valence electrons. The van der Waals surface area contributed by atoms with Gasteiger partial charge in [0.25, 0.3) is 0 Å². The van der Waals surface area contributed by atoms with E-state index in [2.05, 4.69) is 10.1 Å². The van der Waals surface area contributed by atoms with Crippen LogP contribution in [0.25, 0.3) is 16.9 Å². The van der Waals surface area contributed by atoms with Gasteiger partial charge in [-0.1, -0.05) is 30.2 Å². The standard InChI is InChI=1S/C22H22ClF3N4O2/c1-2-32-21(31)18-5-3-4-10-29(18)13-16-11-20-27-17(14-6-8-15(23)9-7-14)12-19(22(24,25)26)30(20)28-16/h6-9,11-12,18H,2-5,10,13H2,1H3. The van der Waals surface area contributed by atoms with Crippen LogP contribution in [0.5, 0.6) is 0 Å². The first-order valence-corrected chi connectivity index (χ1v) is 10.8. The first kappa shape index (κ1) is 22.5. The third kappa shape index (κ3) is 4.73. The molecule has 10 heteroatoms. The third-order valence-corrected chi connectivity index (χ3v) is 5.70. The van der Waals surface area contributed by atoms with Crippen LogP contribution in [0.15, 0.2) is 36.4 Å². The summed E-state index contributed by atoms with van der Waals surface area (Å²) in [5.74, 6) is -0.310. The lowest BCUT2D eigenvalue weighted by atomic mass is 10.0. The molecule has 6 nitrogen and oxygen atoms in total. The minimum atomic E-state index is -4.62. The number of benzene rings is 1. The van der Waals surface area contributed by atoms with Gasteiger partial charge in [-0.15, -0.1) is 0 Å². The molecule has 32 heavy (non-hydrogen) atoms. The smallest absolute Gasteiger partial charge is 0.433 e. The Balaban J connectivity index is 1.71. The Hall–Kier alpha value is -2.65. The largest absolute Gasteiger partial charge is 0.465 e. The molecule has 1 unspecified atom stereocenters. The molecule has 1 aromatic carbocycles. The highest BCUT2D eigenvalue weighted by Gasteiger charge is 2.36. The third-order valence-electron chi connectivity index (χ3n) is 5.45. The van der Waals surface area contributed by atoms with Crippen molar-refractivity contribution in [2.45, 2.75) is 44.9 Å². The van der Waals surface area contributed by atoms with E-state index in [1.807, 2.05) is 4.90 Å². The summed E-state index contributed by atoms with van der Waals surface area (Å²) >= 11 is 5.90. The Kier molecular flexibility index (Phi) is 6.39. The van der Waals surface area contributed by atoms with Crippen LogP contribution in [0, 0.1) is 0 Å². The summed E-state index contributed by atoms with van der Waals surface area (Å²) in [6, 6.07) is 8.54. The maximum Gasteiger partial charge on any atom is 0.433 e. The van der Waals surface area contributed by atoms with Crippen LogP contribution in [0.1, 0.15) is 37.6 Å². The minimum Gasteiger partial charge on any atom is -0.465 e. The van der Waals surface area contributed by atoms with Gasteiger partial charge >= 0.3 is 12.1 Å². The molecule has 1 fully saturated rings. The predicted molar refractivity (Wildman–Crippen MR) is 113 cm³/mol. The number of aromatic nitrogens is 3. The average Bonchev–Trinajstić information content (AvgIpc) is 3.15. The Morgan fingerprint density at radius 1 is 1.22 bits per heavy atom. The Morgan fingerprint density at radius 2 is 1.97 bits per heavy atom. The Morgan fingerprint density at radius 3 is 2.66 bits per heavy atom. The van der Waals surface area contributed by atoms with Crippen LogP contribution >= 0.6 is 11.6 Å². The molecule has 2 aromatic heterocycles. The van der Waals surface area contributed by atoms with E-state index in [-0.39, 0.29) is 30.5 Å². The lowest BCUT2D eigenvalue weighted by Crippen LogP contribution is -2.45. The summed E-state index contributed by atoms with van der Waals surface area (Å²) < 4.78 is 47.4. The van der Waals surface area contributed by atoms with Gasteiger partial charge in [0, 0.05) is 23.2 Å². The number of hydrogen-bond acceptors (Lipinski definition) is 5. The Labute approximate surface area is 187 Å². The molecule has 1 saturated heterocycles. The number of nitrogens with zero attached hydrogens (tertiary/aromatic N) is 4. The molecule has 1 atom stereocenters. The van der Waals surface area contributed by atoms with E-state index < -0.39 is 17.9 Å². The van der Waals surface area contributed by atoms with E-state index in [4.69, 9.17) is 16.3 Å². The van der Waals surface area contributed by atoms with Crippen LogP contribution in [0.4, 0.5) is 13.2 Å². The fourth-order valence-corrected chi connectivity index (χ4v) is 4.09. The lowest BCUT2D eigenvalue weighted by Gasteiger charge is -2.33. The molecule has 0 bridgehead atoms. The number of piperidine rings is 1. The van der Waals surface area contributed by atoms with Crippen LogP contribution < -0.4 is 0 Å². The average molecular weight is 467 g/mol. The quantitative estimate of drug-likeness (QED) is 0.496. The maximum atomic E-state index is 13.8. The normalized spacial score (nSPS) is 17.6. The van der Waals surface area contributed by atoms with Crippen molar-refractivity contribution in [3.8, 4) is 11.3 Å². The molecule has 0 saturated carbocycles. The van der Waals surface area contributed by atoms with Crippen molar-refractivity contribution in [1.29, 1.82) is 0 Å². The summed E-state index contributed by atoms with van der Waals surface area (Å²) in [4.78, 5) is 18.6. The number of halogens is 4. The zero-order valence-corrected chi connectivity index (χ0v) is 18.2. The van der Waals surface area contributed by atoms with Gasteiger partial charge in [0.05, 0.1) is 18.0 Å². The zero-order valence-electron chi connectivity index (χ0n) is 17.4. The highest BCUT2D eigenvalue weighted by Crippen LogP contribution is 2.33. The number of alkyl halides is 3. The van der Waals surface area contributed by atoms with Gasteiger partial charge in [-0.05, 0) is 44.5 Å². The van der Waals surface area contributed by atoms with E-state index >= 15 is 0 Å². The molecular formula is C22H22ClF3N4O2. The highest BCUT2D eigenvalue weighted by atomic mass is 35.5. The van der Waals surface area contributed by atoms with Crippen molar-refractivity contribution in [2.75, 3.05) is 13.2 Å². The number of rotatable bonds is 5. The summed E-state index contributed by atoms with van der Waals surface area (Å²) in [6.07, 6.45) is -2.17. The number of likely N-dealkylation sites (tertiary alicyclic amines) is 1. The zero-order chi connectivity index (χ0) is 22.9. The van der Waals surface area contributed by atoms with Crippen LogP contribution in [-0.2, 0) is 22.3 Å². The molecule has 3 heterocycles. The summed E-state index contributed by atoms with van der Waals surface area (Å²) in [7, 11) is 0. The molecule has 0 radical (unpaired) electrons. The molecule has 0 aliphatic carbocycles. The van der Waals surface area contributed by atoms with Gasteiger partial charge < -0.3 is 4.74 Å². The van der Waals surface area contributed by atoms with Crippen LogP contribution in [0.2, 0.25) is 5.02 Å². The van der Waals surface area contributed by atoms with Crippen LogP contribution in [0.3, 0.4) is 0 Å².